The maximum Gasteiger partial charge on any atom is 0.0331 e. The molecule has 4 atom stereocenters. The number of halogens is 1. The van der Waals surface area contributed by atoms with Gasteiger partial charge in [-0.25, -0.2) is 0 Å². The van der Waals surface area contributed by atoms with Gasteiger partial charge in [-0.15, -0.1) is 11.3 Å². The van der Waals surface area contributed by atoms with Gasteiger partial charge in [0.25, 0.3) is 0 Å². The minimum atomic E-state index is 0.597. The van der Waals surface area contributed by atoms with Crippen LogP contribution in [-0.4, -0.2) is 10.9 Å². The molecule has 1 aliphatic carbocycles. The highest BCUT2D eigenvalue weighted by atomic mass is 79.9. The number of alkyl halides is 1. The van der Waals surface area contributed by atoms with Crippen LogP contribution in [0, 0.1) is 12.8 Å². The Labute approximate surface area is 116 Å². The Balaban J connectivity index is 1.73. The molecule has 2 heterocycles. The van der Waals surface area contributed by atoms with E-state index >= 15 is 0 Å². The number of rotatable bonds is 1. The fraction of sp³-hybridized carbons (Fsp3) is 0.714. The Morgan fingerprint density at radius 3 is 2.94 bits per heavy atom. The van der Waals surface area contributed by atoms with Crippen molar-refractivity contribution >= 4 is 27.3 Å². The Bertz CT molecular complexity index is 389. The van der Waals surface area contributed by atoms with Gasteiger partial charge in [-0.05, 0) is 55.5 Å². The molecule has 1 N–H and O–H groups in total. The molecule has 2 aliphatic rings. The van der Waals surface area contributed by atoms with Crippen LogP contribution in [0.4, 0.5) is 0 Å². The van der Waals surface area contributed by atoms with Crippen LogP contribution in [0.5, 0.6) is 0 Å². The zero-order valence-corrected chi connectivity index (χ0v) is 12.7. The van der Waals surface area contributed by atoms with Gasteiger partial charge >= 0.3 is 0 Å². The minimum Gasteiger partial charge on any atom is -0.306 e. The molecule has 0 spiro atoms. The van der Waals surface area contributed by atoms with E-state index in [1.165, 1.54) is 42.5 Å². The van der Waals surface area contributed by atoms with Crippen LogP contribution in [0.3, 0.4) is 0 Å². The van der Waals surface area contributed by atoms with Gasteiger partial charge in [0.05, 0.1) is 0 Å². The maximum atomic E-state index is 3.89. The minimum absolute atomic E-state index is 0.597. The van der Waals surface area contributed by atoms with Crippen LogP contribution in [-0.2, 0) is 0 Å². The quantitative estimate of drug-likeness (QED) is 0.757. The van der Waals surface area contributed by atoms with Gasteiger partial charge in [0.15, 0.2) is 0 Å². The van der Waals surface area contributed by atoms with Gasteiger partial charge in [0.1, 0.15) is 0 Å². The second-order valence-electron chi connectivity index (χ2n) is 5.52. The Kier molecular flexibility index (Phi) is 3.60. The molecule has 0 bridgehead atoms. The van der Waals surface area contributed by atoms with Crippen molar-refractivity contribution in [2.45, 2.75) is 55.9 Å². The Morgan fingerprint density at radius 1 is 1.29 bits per heavy atom. The molecular weight excluding hydrogens is 294 g/mol. The number of hydrogen-bond donors (Lipinski definition) is 1. The number of aryl methyl sites for hydroxylation is 1. The van der Waals surface area contributed by atoms with Gasteiger partial charge in [0, 0.05) is 21.8 Å². The summed E-state index contributed by atoms with van der Waals surface area (Å²) in [6.45, 7) is 2.20. The largest absolute Gasteiger partial charge is 0.306 e. The van der Waals surface area contributed by atoms with E-state index in [-0.39, 0.29) is 0 Å². The lowest BCUT2D eigenvalue weighted by atomic mass is 9.77. The van der Waals surface area contributed by atoms with E-state index in [0.29, 0.717) is 16.9 Å². The van der Waals surface area contributed by atoms with Crippen molar-refractivity contribution in [3.8, 4) is 0 Å². The molecule has 1 nitrogen and oxygen atoms in total. The molecule has 3 heteroatoms. The first kappa shape index (κ1) is 12.2. The molecule has 1 aliphatic heterocycles. The molecule has 1 saturated carbocycles. The fourth-order valence-electron chi connectivity index (χ4n) is 3.40. The van der Waals surface area contributed by atoms with E-state index < -0.39 is 0 Å². The van der Waals surface area contributed by atoms with Crippen LogP contribution in [0.25, 0.3) is 0 Å². The molecule has 1 aromatic heterocycles. The molecule has 0 radical (unpaired) electrons. The molecule has 0 amide bonds. The third-order valence-electron chi connectivity index (χ3n) is 4.33. The SMILES string of the molecule is Cc1cc(C2CCC3CCCC(Br)C3N2)cs1. The zero-order valence-electron chi connectivity index (χ0n) is 10.3. The second-order valence-corrected chi connectivity index (χ2v) is 7.81. The van der Waals surface area contributed by atoms with Crippen molar-refractivity contribution in [1.82, 2.24) is 5.32 Å². The third-order valence-corrected chi connectivity index (χ3v) is 6.23. The lowest BCUT2D eigenvalue weighted by Gasteiger charge is -2.43. The first-order valence-electron chi connectivity index (χ1n) is 6.69. The van der Waals surface area contributed by atoms with Gasteiger partial charge in [-0.1, -0.05) is 22.4 Å². The number of piperidine rings is 1. The second kappa shape index (κ2) is 5.02. The summed E-state index contributed by atoms with van der Waals surface area (Å²) < 4.78 is 0. The maximum absolute atomic E-state index is 3.89. The third kappa shape index (κ3) is 2.47. The predicted molar refractivity (Wildman–Crippen MR) is 78.0 cm³/mol. The highest BCUT2D eigenvalue weighted by Gasteiger charge is 2.36. The standard InChI is InChI=1S/C14H20BrNS/c1-9-7-11(8-17-9)13-6-5-10-3-2-4-12(15)14(10)16-13/h7-8,10,12-14,16H,2-6H2,1H3. The van der Waals surface area contributed by atoms with E-state index in [1.807, 2.05) is 11.3 Å². The molecule has 3 rings (SSSR count). The fourth-order valence-corrected chi connectivity index (χ4v) is 5.07. The summed E-state index contributed by atoms with van der Waals surface area (Å²) >= 11 is 5.75. The van der Waals surface area contributed by atoms with Crippen molar-refractivity contribution < 1.29 is 0 Å². The summed E-state index contributed by atoms with van der Waals surface area (Å²) in [6.07, 6.45) is 6.88. The topological polar surface area (TPSA) is 12.0 Å². The van der Waals surface area contributed by atoms with Crippen LogP contribution < -0.4 is 5.32 Å². The lowest BCUT2D eigenvalue weighted by Crippen LogP contribution is -2.50. The van der Waals surface area contributed by atoms with Crippen molar-refractivity contribution in [3.63, 3.8) is 0 Å². The monoisotopic (exact) mass is 313 g/mol. The summed E-state index contributed by atoms with van der Waals surface area (Å²) in [4.78, 5) is 2.12. The van der Waals surface area contributed by atoms with E-state index in [4.69, 9.17) is 0 Å². The average Bonchev–Trinajstić information content (AvgIpc) is 2.76. The molecule has 2 fully saturated rings. The van der Waals surface area contributed by atoms with Crippen LogP contribution in [0.15, 0.2) is 11.4 Å². The van der Waals surface area contributed by atoms with E-state index in [2.05, 4.69) is 39.6 Å². The highest BCUT2D eigenvalue weighted by molar-refractivity contribution is 9.09. The lowest BCUT2D eigenvalue weighted by molar-refractivity contribution is 0.185. The Morgan fingerprint density at radius 2 is 2.18 bits per heavy atom. The first-order chi connectivity index (χ1) is 8.24. The molecule has 0 aromatic carbocycles. The molecule has 17 heavy (non-hydrogen) atoms. The van der Waals surface area contributed by atoms with Gasteiger partial charge < -0.3 is 5.32 Å². The van der Waals surface area contributed by atoms with Gasteiger partial charge in [-0.2, -0.15) is 0 Å². The summed E-state index contributed by atoms with van der Waals surface area (Å²) in [6, 6.07) is 3.65. The normalized spacial score (nSPS) is 37.8. The van der Waals surface area contributed by atoms with Crippen molar-refractivity contribution in [1.29, 1.82) is 0 Å². The highest BCUT2D eigenvalue weighted by Crippen LogP contribution is 2.39. The summed E-state index contributed by atoms with van der Waals surface area (Å²) in [5.74, 6) is 0.907. The van der Waals surface area contributed by atoms with E-state index in [1.54, 1.807) is 0 Å². The van der Waals surface area contributed by atoms with Crippen LogP contribution >= 0.6 is 27.3 Å². The molecule has 4 unspecified atom stereocenters. The molecular formula is C14H20BrNS. The smallest absolute Gasteiger partial charge is 0.0331 e. The molecule has 94 valence electrons. The summed E-state index contributed by atoms with van der Waals surface area (Å²) in [5, 5.41) is 6.23. The number of hydrogen-bond acceptors (Lipinski definition) is 2. The zero-order chi connectivity index (χ0) is 11.8. The molecule has 1 saturated heterocycles. The van der Waals surface area contributed by atoms with Gasteiger partial charge in [0.2, 0.25) is 0 Å². The molecule has 1 aromatic rings. The average molecular weight is 314 g/mol. The van der Waals surface area contributed by atoms with Crippen LogP contribution in [0.1, 0.15) is 48.6 Å². The first-order valence-corrected chi connectivity index (χ1v) is 8.49. The van der Waals surface area contributed by atoms with Crippen molar-refractivity contribution in [3.05, 3.63) is 21.9 Å². The number of nitrogens with one attached hydrogen (secondary N) is 1. The summed E-state index contributed by atoms with van der Waals surface area (Å²) in [5.41, 5.74) is 1.51. The van der Waals surface area contributed by atoms with E-state index in [9.17, 15) is 0 Å². The van der Waals surface area contributed by atoms with E-state index in [0.717, 1.165) is 5.92 Å². The Hall–Kier alpha value is 0.140. The van der Waals surface area contributed by atoms with Gasteiger partial charge in [-0.3, -0.25) is 0 Å². The van der Waals surface area contributed by atoms with Crippen LogP contribution in [0.2, 0.25) is 0 Å². The number of thiophene rings is 1. The van der Waals surface area contributed by atoms with Crippen molar-refractivity contribution in [2.75, 3.05) is 0 Å². The number of fused-ring (bicyclic) bond motifs is 1. The predicted octanol–water partition coefficient (Wildman–Crippen LogP) is 4.41. The van der Waals surface area contributed by atoms with Crippen molar-refractivity contribution in [2.24, 2.45) is 5.92 Å². The summed E-state index contributed by atoms with van der Waals surface area (Å²) in [7, 11) is 0.